The first-order valence-electron chi connectivity index (χ1n) is 5.37. The molecule has 0 fully saturated rings. The highest BCUT2D eigenvalue weighted by Crippen LogP contribution is 2.26. The maximum Gasteiger partial charge on any atom is 0.189 e. The minimum atomic E-state index is -1.20. The lowest BCUT2D eigenvalue weighted by Gasteiger charge is -2.29. The summed E-state index contributed by atoms with van der Waals surface area (Å²) in [5, 5.41) is 14.5. The molecule has 0 saturated carbocycles. The summed E-state index contributed by atoms with van der Waals surface area (Å²) in [5.74, 6) is 0. The predicted molar refractivity (Wildman–Crippen MR) is 59.9 cm³/mol. The van der Waals surface area contributed by atoms with Crippen LogP contribution in [0.25, 0.3) is 0 Å². The minimum absolute atomic E-state index is 0.689. The summed E-state index contributed by atoms with van der Waals surface area (Å²) in [6.07, 6.45) is 3.75. The van der Waals surface area contributed by atoms with Gasteiger partial charge in [-0.05, 0) is 13.3 Å². The Kier molecular flexibility index (Phi) is 4.46. The number of methoxy groups -OCH3 is 2. The molecule has 1 aromatic rings. The van der Waals surface area contributed by atoms with E-state index in [4.69, 9.17) is 9.47 Å². The van der Waals surface area contributed by atoms with E-state index in [0.717, 1.165) is 13.0 Å². The van der Waals surface area contributed by atoms with E-state index in [1.807, 2.05) is 6.20 Å². The quantitative estimate of drug-likeness (QED) is 0.741. The number of ether oxygens (including phenoxy) is 2. The number of aliphatic hydroxyl groups is 1. The molecule has 5 nitrogen and oxygen atoms in total. The molecule has 1 heterocycles. The van der Waals surface area contributed by atoms with E-state index in [0.29, 0.717) is 5.56 Å². The van der Waals surface area contributed by atoms with Crippen LogP contribution in [0, 0.1) is 0 Å². The van der Waals surface area contributed by atoms with Crippen molar-refractivity contribution in [1.82, 2.24) is 9.78 Å². The highest BCUT2D eigenvalue weighted by Gasteiger charge is 2.35. The highest BCUT2D eigenvalue weighted by atomic mass is 16.7. The molecule has 1 unspecified atom stereocenters. The number of hydrogen-bond acceptors (Lipinski definition) is 4. The van der Waals surface area contributed by atoms with Crippen molar-refractivity contribution < 1.29 is 14.6 Å². The molecule has 5 heteroatoms. The first kappa shape index (κ1) is 13.2. The van der Waals surface area contributed by atoms with Gasteiger partial charge in [0.25, 0.3) is 0 Å². The Labute approximate surface area is 96.0 Å². The Balaban J connectivity index is 2.87. The van der Waals surface area contributed by atoms with E-state index >= 15 is 0 Å². The van der Waals surface area contributed by atoms with Crippen LogP contribution in [0.4, 0.5) is 0 Å². The molecule has 0 aliphatic heterocycles. The fraction of sp³-hybridized carbons (Fsp3) is 0.727. The molecular formula is C11H20N2O3. The van der Waals surface area contributed by atoms with Crippen molar-refractivity contribution >= 4 is 0 Å². The van der Waals surface area contributed by atoms with E-state index in [1.165, 1.54) is 14.2 Å². The maximum atomic E-state index is 10.3. The summed E-state index contributed by atoms with van der Waals surface area (Å²) in [7, 11) is 3.00. The Bertz CT molecular complexity index is 319. The average molecular weight is 228 g/mol. The van der Waals surface area contributed by atoms with Crippen molar-refractivity contribution in [1.29, 1.82) is 0 Å². The van der Waals surface area contributed by atoms with Gasteiger partial charge in [-0.1, -0.05) is 6.92 Å². The molecule has 0 spiro atoms. The topological polar surface area (TPSA) is 56.5 Å². The summed E-state index contributed by atoms with van der Waals surface area (Å²) in [6, 6.07) is 0. The predicted octanol–water partition coefficient (Wildman–Crippen LogP) is 1.12. The van der Waals surface area contributed by atoms with E-state index in [1.54, 1.807) is 17.8 Å². The monoisotopic (exact) mass is 228 g/mol. The SMILES string of the molecule is CCCn1cc(C(C)(O)C(OC)OC)cn1. The first-order chi connectivity index (χ1) is 7.56. The lowest BCUT2D eigenvalue weighted by molar-refractivity contribution is -0.213. The summed E-state index contributed by atoms with van der Waals surface area (Å²) in [5.41, 5.74) is -0.509. The fourth-order valence-electron chi connectivity index (χ4n) is 1.67. The average Bonchev–Trinajstić information content (AvgIpc) is 2.69. The van der Waals surface area contributed by atoms with Crippen LogP contribution in [0.15, 0.2) is 12.4 Å². The van der Waals surface area contributed by atoms with Crippen molar-refractivity contribution in [2.75, 3.05) is 14.2 Å². The van der Waals surface area contributed by atoms with Crippen molar-refractivity contribution in [3.05, 3.63) is 18.0 Å². The lowest BCUT2D eigenvalue weighted by Crippen LogP contribution is -2.39. The van der Waals surface area contributed by atoms with Crippen LogP contribution in [-0.2, 0) is 21.6 Å². The van der Waals surface area contributed by atoms with Crippen molar-refractivity contribution in [2.45, 2.75) is 38.7 Å². The van der Waals surface area contributed by atoms with Gasteiger partial charge in [-0.3, -0.25) is 4.68 Å². The van der Waals surface area contributed by atoms with Crippen molar-refractivity contribution in [3.8, 4) is 0 Å². The van der Waals surface area contributed by atoms with Gasteiger partial charge < -0.3 is 14.6 Å². The van der Waals surface area contributed by atoms with Gasteiger partial charge >= 0.3 is 0 Å². The number of nitrogens with zero attached hydrogens (tertiary/aromatic N) is 2. The molecule has 16 heavy (non-hydrogen) atoms. The molecule has 0 aliphatic carbocycles. The van der Waals surface area contributed by atoms with Crippen LogP contribution >= 0.6 is 0 Å². The van der Waals surface area contributed by atoms with Gasteiger partial charge in [0.15, 0.2) is 6.29 Å². The largest absolute Gasteiger partial charge is 0.380 e. The summed E-state index contributed by atoms with van der Waals surface area (Å²) in [4.78, 5) is 0. The Morgan fingerprint density at radius 2 is 2.12 bits per heavy atom. The van der Waals surface area contributed by atoms with Crippen LogP contribution in [0.2, 0.25) is 0 Å². The molecule has 1 N–H and O–H groups in total. The van der Waals surface area contributed by atoms with Gasteiger partial charge in [-0.25, -0.2) is 0 Å². The van der Waals surface area contributed by atoms with Crippen LogP contribution in [0.5, 0.6) is 0 Å². The number of aromatic nitrogens is 2. The third kappa shape index (κ3) is 2.61. The highest BCUT2D eigenvalue weighted by molar-refractivity contribution is 5.15. The Morgan fingerprint density at radius 3 is 2.62 bits per heavy atom. The van der Waals surface area contributed by atoms with Gasteiger partial charge in [0, 0.05) is 32.5 Å². The van der Waals surface area contributed by atoms with Crippen LogP contribution < -0.4 is 0 Å². The van der Waals surface area contributed by atoms with Crippen molar-refractivity contribution in [2.24, 2.45) is 0 Å². The molecule has 1 atom stereocenters. The van der Waals surface area contributed by atoms with Gasteiger partial charge in [0.1, 0.15) is 5.60 Å². The number of hydrogen-bond donors (Lipinski definition) is 1. The second kappa shape index (κ2) is 5.43. The van der Waals surface area contributed by atoms with E-state index in [-0.39, 0.29) is 0 Å². The number of aryl methyl sites for hydroxylation is 1. The van der Waals surface area contributed by atoms with E-state index in [9.17, 15) is 5.11 Å². The zero-order valence-electron chi connectivity index (χ0n) is 10.3. The standard InChI is InChI=1S/C11H20N2O3/c1-5-6-13-8-9(7-12-13)11(2,14)10(15-3)16-4/h7-8,10,14H,5-6H2,1-4H3. The van der Waals surface area contributed by atoms with Gasteiger partial charge in [0.05, 0.1) is 6.20 Å². The van der Waals surface area contributed by atoms with Gasteiger partial charge in [-0.2, -0.15) is 5.10 Å². The third-order valence-electron chi connectivity index (χ3n) is 2.56. The summed E-state index contributed by atoms with van der Waals surface area (Å²) >= 11 is 0. The third-order valence-corrected chi connectivity index (χ3v) is 2.56. The lowest BCUT2D eigenvalue weighted by atomic mass is 9.99. The van der Waals surface area contributed by atoms with Gasteiger partial charge in [-0.15, -0.1) is 0 Å². The summed E-state index contributed by atoms with van der Waals surface area (Å²) in [6.45, 7) is 4.56. The molecule has 1 rings (SSSR count). The van der Waals surface area contributed by atoms with Gasteiger partial charge in [0.2, 0.25) is 0 Å². The van der Waals surface area contributed by atoms with Crippen LogP contribution in [-0.4, -0.2) is 35.4 Å². The molecule has 0 amide bonds. The Hall–Kier alpha value is -0.910. The second-order valence-corrected chi connectivity index (χ2v) is 3.94. The molecule has 1 aromatic heterocycles. The molecule has 0 saturated heterocycles. The van der Waals surface area contributed by atoms with E-state index < -0.39 is 11.9 Å². The van der Waals surface area contributed by atoms with Crippen molar-refractivity contribution in [3.63, 3.8) is 0 Å². The maximum absolute atomic E-state index is 10.3. The smallest absolute Gasteiger partial charge is 0.189 e. The van der Waals surface area contributed by atoms with Crippen LogP contribution in [0.3, 0.4) is 0 Å². The zero-order chi connectivity index (χ0) is 12.2. The molecule has 0 radical (unpaired) electrons. The fourth-order valence-corrected chi connectivity index (χ4v) is 1.67. The Morgan fingerprint density at radius 1 is 1.50 bits per heavy atom. The number of rotatable bonds is 6. The zero-order valence-corrected chi connectivity index (χ0v) is 10.3. The molecule has 0 aliphatic rings. The van der Waals surface area contributed by atoms with E-state index in [2.05, 4.69) is 12.0 Å². The molecular weight excluding hydrogens is 208 g/mol. The normalized spacial score (nSPS) is 15.4. The molecule has 0 bridgehead atoms. The first-order valence-corrected chi connectivity index (χ1v) is 5.37. The second-order valence-electron chi connectivity index (χ2n) is 3.94. The van der Waals surface area contributed by atoms with Crippen LogP contribution in [0.1, 0.15) is 25.8 Å². The summed E-state index contributed by atoms with van der Waals surface area (Å²) < 4.78 is 12.0. The minimum Gasteiger partial charge on any atom is -0.380 e. The molecule has 92 valence electrons. The molecule has 0 aromatic carbocycles.